The fraction of sp³-hybridized carbons (Fsp3) is 0.375. The Hall–Kier alpha value is -0.420. The molecule has 1 heterocycles. The lowest BCUT2D eigenvalue weighted by Crippen LogP contribution is -2.22. The highest BCUT2D eigenvalue weighted by molar-refractivity contribution is 9.10. The predicted octanol–water partition coefficient (Wildman–Crippen LogP) is 5.49. The summed E-state index contributed by atoms with van der Waals surface area (Å²) >= 11 is 11.2. The van der Waals surface area contributed by atoms with Crippen LogP contribution in [0.5, 0.6) is 0 Å². The Kier molecular flexibility index (Phi) is 4.69. The molecule has 0 saturated carbocycles. The van der Waals surface area contributed by atoms with Gasteiger partial charge in [-0.3, -0.25) is 0 Å². The molecule has 0 fully saturated rings. The predicted molar refractivity (Wildman–Crippen MR) is 91.0 cm³/mol. The molecule has 1 nitrogen and oxygen atoms in total. The molecule has 1 unspecified atom stereocenters. The maximum atomic E-state index is 14.4. The van der Waals surface area contributed by atoms with Crippen molar-refractivity contribution in [3.8, 4) is 0 Å². The van der Waals surface area contributed by atoms with E-state index in [1.165, 1.54) is 27.8 Å². The van der Waals surface area contributed by atoms with Crippen molar-refractivity contribution < 1.29 is 4.39 Å². The molecule has 1 N–H and O–H groups in total. The summed E-state index contributed by atoms with van der Waals surface area (Å²) in [5, 5.41) is 3.93. The molecule has 1 atom stereocenters. The van der Waals surface area contributed by atoms with Gasteiger partial charge in [0.2, 0.25) is 0 Å². The second kappa shape index (κ2) is 6.37. The Bertz CT molecular complexity index is 649. The fourth-order valence-corrected chi connectivity index (χ4v) is 4.66. The molecule has 0 spiro atoms. The number of aryl methyl sites for hydroxylation is 2. The van der Waals surface area contributed by atoms with Crippen molar-refractivity contribution in [2.24, 2.45) is 0 Å². The second-order valence-corrected chi connectivity index (χ2v) is 7.66. The van der Waals surface area contributed by atoms with E-state index < -0.39 is 0 Å². The van der Waals surface area contributed by atoms with E-state index >= 15 is 0 Å². The van der Waals surface area contributed by atoms with Crippen molar-refractivity contribution in [2.75, 3.05) is 6.54 Å². The number of benzene rings is 1. The topological polar surface area (TPSA) is 12.0 Å². The summed E-state index contributed by atoms with van der Waals surface area (Å²) in [6, 6.07) is 5.27. The van der Waals surface area contributed by atoms with E-state index in [1.807, 2.05) is 6.92 Å². The summed E-state index contributed by atoms with van der Waals surface area (Å²) in [5.41, 5.74) is 2.05. The van der Waals surface area contributed by atoms with E-state index in [0.717, 1.165) is 19.4 Å². The third-order valence-electron chi connectivity index (χ3n) is 3.81. The zero-order valence-electron chi connectivity index (χ0n) is 11.7. The van der Waals surface area contributed by atoms with Crippen LogP contribution in [-0.2, 0) is 12.8 Å². The number of rotatable bonds is 4. The van der Waals surface area contributed by atoms with Crippen molar-refractivity contribution in [3.05, 3.63) is 54.4 Å². The van der Waals surface area contributed by atoms with E-state index in [1.54, 1.807) is 17.4 Å². The highest BCUT2D eigenvalue weighted by Crippen LogP contribution is 2.38. The third kappa shape index (κ3) is 3.04. The van der Waals surface area contributed by atoms with Crippen molar-refractivity contribution in [1.82, 2.24) is 5.32 Å². The van der Waals surface area contributed by atoms with Crippen LogP contribution in [0.1, 0.15) is 40.3 Å². The first-order chi connectivity index (χ1) is 10.1. The molecule has 21 heavy (non-hydrogen) atoms. The van der Waals surface area contributed by atoms with Crippen LogP contribution in [0.25, 0.3) is 0 Å². The van der Waals surface area contributed by atoms with Gasteiger partial charge in [0.25, 0.3) is 0 Å². The van der Waals surface area contributed by atoms with Crippen LogP contribution in [0.4, 0.5) is 4.39 Å². The van der Waals surface area contributed by atoms with Gasteiger partial charge in [-0.1, -0.05) is 18.5 Å². The number of hydrogen-bond donors (Lipinski definition) is 1. The first-order valence-electron chi connectivity index (χ1n) is 7.09. The maximum absolute atomic E-state index is 14.4. The van der Waals surface area contributed by atoms with Crippen molar-refractivity contribution >= 4 is 38.9 Å². The molecule has 1 aliphatic carbocycles. The van der Waals surface area contributed by atoms with Crippen molar-refractivity contribution in [3.63, 3.8) is 0 Å². The number of nitrogens with one attached hydrogen (secondary N) is 1. The number of hydrogen-bond acceptors (Lipinski definition) is 2. The Morgan fingerprint density at radius 1 is 1.38 bits per heavy atom. The van der Waals surface area contributed by atoms with E-state index in [4.69, 9.17) is 11.6 Å². The van der Waals surface area contributed by atoms with Crippen molar-refractivity contribution in [2.45, 2.75) is 32.2 Å². The van der Waals surface area contributed by atoms with E-state index in [9.17, 15) is 4.39 Å². The molecule has 0 aliphatic heterocycles. The van der Waals surface area contributed by atoms with Gasteiger partial charge >= 0.3 is 0 Å². The highest BCUT2D eigenvalue weighted by atomic mass is 79.9. The number of thiophene rings is 1. The minimum Gasteiger partial charge on any atom is -0.306 e. The highest BCUT2D eigenvalue weighted by Gasteiger charge is 2.23. The normalized spacial score (nSPS) is 15.2. The third-order valence-corrected chi connectivity index (χ3v) is 6.31. The molecular formula is C16H16BrClFNS. The molecule has 0 saturated heterocycles. The lowest BCUT2D eigenvalue weighted by atomic mass is 10.0. The zero-order valence-corrected chi connectivity index (χ0v) is 14.8. The van der Waals surface area contributed by atoms with Crippen LogP contribution in [-0.4, -0.2) is 6.54 Å². The van der Waals surface area contributed by atoms with Gasteiger partial charge in [-0.2, -0.15) is 0 Å². The molecule has 112 valence electrons. The quantitative estimate of drug-likeness (QED) is 0.683. The Morgan fingerprint density at radius 3 is 2.90 bits per heavy atom. The largest absolute Gasteiger partial charge is 0.306 e. The summed E-state index contributed by atoms with van der Waals surface area (Å²) in [6.45, 7) is 2.81. The zero-order chi connectivity index (χ0) is 15.0. The molecule has 3 rings (SSSR count). The van der Waals surface area contributed by atoms with E-state index in [-0.39, 0.29) is 11.9 Å². The van der Waals surface area contributed by atoms with Crippen LogP contribution in [0, 0.1) is 5.82 Å². The molecule has 1 aliphatic rings. The average molecular weight is 389 g/mol. The van der Waals surface area contributed by atoms with Crippen LogP contribution in [0.2, 0.25) is 5.02 Å². The first kappa shape index (κ1) is 15.5. The van der Waals surface area contributed by atoms with Crippen LogP contribution < -0.4 is 5.32 Å². The molecule has 5 heteroatoms. The lowest BCUT2D eigenvalue weighted by Gasteiger charge is -2.18. The minimum absolute atomic E-state index is 0.129. The molecule has 0 radical (unpaired) electrons. The average Bonchev–Trinajstić information content (AvgIpc) is 3.01. The standard InChI is InChI=1S/C16H16BrClFNS/c1-2-20-16(10-7-12(18)11(17)8-13(10)19)15-6-9-4-3-5-14(9)21-15/h6-8,16,20H,2-5H2,1H3. The molecule has 2 aromatic rings. The summed E-state index contributed by atoms with van der Waals surface area (Å²) < 4.78 is 15.0. The summed E-state index contributed by atoms with van der Waals surface area (Å²) in [4.78, 5) is 2.63. The minimum atomic E-state index is -0.231. The SMILES string of the molecule is CCNC(c1cc2c(s1)CCC2)c1cc(Cl)c(Br)cc1F. The fourth-order valence-electron chi connectivity index (χ4n) is 2.82. The molecule has 1 aromatic carbocycles. The Labute approximate surface area is 141 Å². The summed E-state index contributed by atoms with van der Waals surface area (Å²) in [6.07, 6.45) is 3.54. The van der Waals surface area contributed by atoms with E-state index in [2.05, 4.69) is 27.3 Å². The Balaban J connectivity index is 2.03. The smallest absolute Gasteiger partial charge is 0.129 e. The number of fused-ring (bicyclic) bond motifs is 1. The monoisotopic (exact) mass is 387 g/mol. The first-order valence-corrected chi connectivity index (χ1v) is 9.08. The molecule has 0 amide bonds. The van der Waals surface area contributed by atoms with E-state index in [0.29, 0.717) is 15.1 Å². The maximum Gasteiger partial charge on any atom is 0.129 e. The van der Waals surface area contributed by atoms with Gasteiger partial charge in [-0.15, -0.1) is 11.3 Å². The van der Waals surface area contributed by atoms with Gasteiger partial charge in [-0.05, 0) is 65.5 Å². The molecule has 1 aromatic heterocycles. The van der Waals surface area contributed by atoms with Gasteiger partial charge in [0.05, 0.1) is 11.1 Å². The van der Waals surface area contributed by atoms with Gasteiger partial charge in [0.15, 0.2) is 0 Å². The van der Waals surface area contributed by atoms with Crippen LogP contribution >= 0.6 is 38.9 Å². The summed E-state index contributed by atoms with van der Waals surface area (Å²) in [7, 11) is 0. The second-order valence-electron chi connectivity index (χ2n) is 5.23. The van der Waals surface area contributed by atoms with Crippen LogP contribution in [0.3, 0.4) is 0 Å². The van der Waals surface area contributed by atoms with Crippen LogP contribution in [0.15, 0.2) is 22.7 Å². The molecular weight excluding hydrogens is 373 g/mol. The Morgan fingerprint density at radius 2 is 2.19 bits per heavy atom. The molecule has 0 bridgehead atoms. The summed E-state index contributed by atoms with van der Waals surface area (Å²) in [5.74, 6) is -0.231. The van der Waals surface area contributed by atoms with Gasteiger partial charge < -0.3 is 5.32 Å². The number of halogens is 3. The van der Waals surface area contributed by atoms with Crippen molar-refractivity contribution in [1.29, 1.82) is 0 Å². The lowest BCUT2D eigenvalue weighted by molar-refractivity contribution is 0.562. The van der Waals surface area contributed by atoms with Gasteiger partial charge in [0.1, 0.15) is 5.82 Å². The van der Waals surface area contributed by atoms with Gasteiger partial charge in [0, 0.05) is 19.8 Å². The van der Waals surface area contributed by atoms with Gasteiger partial charge in [-0.25, -0.2) is 4.39 Å².